The zero-order valence-corrected chi connectivity index (χ0v) is 10.0. The molecule has 0 aliphatic carbocycles. The molecular formula is C13H18ClN. The van der Waals surface area contributed by atoms with Gasteiger partial charge in [0.05, 0.1) is 4.87 Å². The molecule has 0 bridgehead atoms. The summed E-state index contributed by atoms with van der Waals surface area (Å²) in [6, 6.07) is 10.6. The van der Waals surface area contributed by atoms with E-state index in [0.29, 0.717) is 0 Å². The summed E-state index contributed by atoms with van der Waals surface area (Å²) in [6.45, 7) is 5.36. The van der Waals surface area contributed by atoms with Crippen molar-refractivity contribution < 1.29 is 0 Å². The average molecular weight is 224 g/mol. The van der Waals surface area contributed by atoms with Gasteiger partial charge in [-0.15, -0.1) is 11.6 Å². The Balaban J connectivity index is 1.95. The minimum Gasteiger partial charge on any atom is -0.297 e. The van der Waals surface area contributed by atoms with Crippen LogP contribution in [0.2, 0.25) is 0 Å². The van der Waals surface area contributed by atoms with E-state index in [-0.39, 0.29) is 4.87 Å². The Kier molecular flexibility index (Phi) is 3.32. The number of likely N-dealkylation sites (tertiary alicyclic amines) is 1. The first kappa shape index (κ1) is 11.0. The van der Waals surface area contributed by atoms with Crippen molar-refractivity contribution in [3.05, 3.63) is 35.9 Å². The van der Waals surface area contributed by atoms with Crippen LogP contribution in [0.3, 0.4) is 0 Å². The molecule has 0 aromatic heterocycles. The molecule has 2 rings (SSSR count). The second-order valence-electron chi connectivity index (χ2n) is 4.71. The molecule has 0 amide bonds. The van der Waals surface area contributed by atoms with E-state index in [1.807, 2.05) is 0 Å². The van der Waals surface area contributed by atoms with Crippen LogP contribution in [0.4, 0.5) is 0 Å². The lowest BCUT2D eigenvalue weighted by atomic mass is 9.99. The molecule has 15 heavy (non-hydrogen) atoms. The van der Waals surface area contributed by atoms with E-state index in [2.05, 4.69) is 42.2 Å². The van der Waals surface area contributed by atoms with Crippen LogP contribution >= 0.6 is 11.6 Å². The molecule has 1 saturated heterocycles. The van der Waals surface area contributed by atoms with E-state index in [0.717, 1.165) is 19.5 Å². The fourth-order valence-electron chi connectivity index (χ4n) is 2.27. The van der Waals surface area contributed by atoms with E-state index in [4.69, 9.17) is 11.6 Å². The fourth-order valence-corrected chi connectivity index (χ4v) is 2.57. The third-order valence-electron chi connectivity index (χ3n) is 2.97. The lowest BCUT2D eigenvalue weighted by molar-refractivity contribution is 0.190. The number of rotatable bonds is 2. The maximum absolute atomic E-state index is 6.39. The standard InChI is InChI=1S/C13H18ClN/c1-13(14)8-5-9-15(11-13)10-12-6-3-2-4-7-12/h2-4,6-7H,5,8-11H2,1H3. The van der Waals surface area contributed by atoms with E-state index >= 15 is 0 Å². The van der Waals surface area contributed by atoms with Gasteiger partial charge in [-0.1, -0.05) is 30.3 Å². The summed E-state index contributed by atoms with van der Waals surface area (Å²) in [5, 5.41) is 0. The molecule has 0 radical (unpaired) electrons. The van der Waals surface area contributed by atoms with Crippen molar-refractivity contribution in [1.82, 2.24) is 4.90 Å². The second-order valence-corrected chi connectivity index (χ2v) is 5.63. The number of halogens is 1. The van der Waals surface area contributed by atoms with Gasteiger partial charge in [-0.25, -0.2) is 0 Å². The third kappa shape index (κ3) is 3.22. The number of hydrogen-bond acceptors (Lipinski definition) is 1. The number of nitrogens with zero attached hydrogens (tertiary/aromatic N) is 1. The molecule has 1 unspecified atom stereocenters. The highest BCUT2D eigenvalue weighted by atomic mass is 35.5. The average Bonchev–Trinajstić information content (AvgIpc) is 2.17. The molecule has 1 fully saturated rings. The van der Waals surface area contributed by atoms with Crippen molar-refractivity contribution in [1.29, 1.82) is 0 Å². The molecule has 1 nitrogen and oxygen atoms in total. The van der Waals surface area contributed by atoms with Crippen molar-refractivity contribution in [3.8, 4) is 0 Å². The molecule has 2 heteroatoms. The Morgan fingerprint density at radius 3 is 2.73 bits per heavy atom. The van der Waals surface area contributed by atoms with Gasteiger partial charge in [0, 0.05) is 13.1 Å². The number of hydrogen-bond donors (Lipinski definition) is 0. The Hall–Kier alpha value is -0.530. The number of piperidine rings is 1. The van der Waals surface area contributed by atoms with Crippen molar-refractivity contribution in [2.75, 3.05) is 13.1 Å². The van der Waals surface area contributed by atoms with Gasteiger partial charge < -0.3 is 0 Å². The molecule has 1 heterocycles. The molecule has 0 spiro atoms. The second kappa shape index (κ2) is 4.54. The quantitative estimate of drug-likeness (QED) is 0.696. The first-order chi connectivity index (χ1) is 7.16. The van der Waals surface area contributed by atoms with Crippen molar-refractivity contribution in [2.45, 2.75) is 31.2 Å². The van der Waals surface area contributed by atoms with Gasteiger partial charge in [-0.05, 0) is 31.9 Å². The zero-order chi connectivity index (χ0) is 10.7. The number of alkyl halides is 1. The first-order valence-corrected chi connectivity index (χ1v) is 5.99. The topological polar surface area (TPSA) is 3.24 Å². The highest BCUT2D eigenvalue weighted by molar-refractivity contribution is 6.23. The van der Waals surface area contributed by atoms with Crippen molar-refractivity contribution in [2.24, 2.45) is 0 Å². The molecular weight excluding hydrogens is 206 g/mol. The maximum Gasteiger partial charge on any atom is 0.0545 e. The summed E-state index contributed by atoms with van der Waals surface area (Å²) in [5.74, 6) is 0. The SMILES string of the molecule is CC1(Cl)CCCN(Cc2ccccc2)C1. The highest BCUT2D eigenvalue weighted by Gasteiger charge is 2.28. The van der Waals surface area contributed by atoms with Crippen LogP contribution in [0.5, 0.6) is 0 Å². The van der Waals surface area contributed by atoms with Crippen LogP contribution in [0.15, 0.2) is 30.3 Å². The summed E-state index contributed by atoms with van der Waals surface area (Å²) < 4.78 is 0. The van der Waals surface area contributed by atoms with Crippen LogP contribution in [0, 0.1) is 0 Å². The minimum absolute atomic E-state index is 0.0208. The van der Waals surface area contributed by atoms with E-state index in [1.54, 1.807) is 0 Å². The Morgan fingerprint density at radius 2 is 2.07 bits per heavy atom. The normalized spacial score (nSPS) is 27.9. The molecule has 1 atom stereocenters. The summed E-state index contributed by atoms with van der Waals surface area (Å²) in [7, 11) is 0. The predicted molar refractivity (Wildman–Crippen MR) is 65.2 cm³/mol. The Bertz CT molecular complexity index is 308. The Labute approximate surface area is 97.0 Å². The lowest BCUT2D eigenvalue weighted by Crippen LogP contribution is -2.42. The third-order valence-corrected chi connectivity index (χ3v) is 3.28. The van der Waals surface area contributed by atoms with Gasteiger partial charge in [-0.2, -0.15) is 0 Å². The molecule has 0 N–H and O–H groups in total. The lowest BCUT2D eigenvalue weighted by Gasteiger charge is -2.36. The van der Waals surface area contributed by atoms with E-state index in [9.17, 15) is 0 Å². The van der Waals surface area contributed by atoms with Gasteiger partial charge in [0.2, 0.25) is 0 Å². The summed E-state index contributed by atoms with van der Waals surface area (Å²) in [4.78, 5) is 2.43. The molecule has 0 saturated carbocycles. The fraction of sp³-hybridized carbons (Fsp3) is 0.538. The predicted octanol–water partition coefficient (Wildman–Crippen LogP) is 3.28. The Morgan fingerprint density at radius 1 is 1.33 bits per heavy atom. The first-order valence-electron chi connectivity index (χ1n) is 5.61. The maximum atomic E-state index is 6.39. The molecule has 1 aromatic carbocycles. The summed E-state index contributed by atoms with van der Waals surface area (Å²) >= 11 is 6.39. The van der Waals surface area contributed by atoms with Crippen molar-refractivity contribution >= 4 is 11.6 Å². The number of benzene rings is 1. The molecule has 1 aliphatic rings. The van der Waals surface area contributed by atoms with Gasteiger partial charge in [-0.3, -0.25) is 4.90 Å². The summed E-state index contributed by atoms with van der Waals surface area (Å²) in [6.07, 6.45) is 2.35. The molecule has 1 aliphatic heterocycles. The zero-order valence-electron chi connectivity index (χ0n) is 9.25. The van der Waals surface area contributed by atoms with Crippen LogP contribution in [-0.4, -0.2) is 22.9 Å². The van der Waals surface area contributed by atoms with E-state index in [1.165, 1.54) is 18.5 Å². The van der Waals surface area contributed by atoms with Crippen LogP contribution < -0.4 is 0 Å². The largest absolute Gasteiger partial charge is 0.297 e. The molecule has 82 valence electrons. The van der Waals surface area contributed by atoms with Gasteiger partial charge in [0.1, 0.15) is 0 Å². The van der Waals surface area contributed by atoms with Gasteiger partial charge >= 0.3 is 0 Å². The summed E-state index contributed by atoms with van der Waals surface area (Å²) in [5.41, 5.74) is 1.38. The van der Waals surface area contributed by atoms with Gasteiger partial charge in [0.15, 0.2) is 0 Å². The van der Waals surface area contributed by atoms with E-state index < -0.39 is 0 Å². The minimum atomic E-state index is -0.0208. The van der Waals surface area contributed by atoms with Crippen molar-refractivity contribution in [3.63, 3.8) is 0 Å². The van der Waals surface area contributed by atoms with Crippen LogP contribution in [0.25, 0.3) is 0 Å². The monoisotopic (exact) mass is 223 g/mol. The van der Waals surface area contributed by atoms with Crippen LogP contribution in [0.1, 0.15) is 25.3 Å². The smallest absolute Gasteiger partial charge is 0.0545 e. The molecule has 1 aromatic rings. The highest BCUT2D eigenvalue weighted by Crippen LogP contribution is 2.27. The van der Waals surface area contributed by atoms with Crippen LogP contribution in [-0.2, 0) is 6.54 Å². The van der Waals surface area contributed by atoms with Gasteiger partial charge in [0.25, 0.3) is 0 Å².